The van der Waals surface area contributed by atoms with Crippen molar-refractivity contribution in [1.29, 1.82) is 0 Å². The quantitative estimate of drug-likeness (QED) is 0.0277. The van der Waals surface area contributed by atoms with Crippen molar-refractivity contribution < 1.29 is 267 Å². The summed E-state index contributed by atoms with van der Waals surface area (Å²) in [5, 5.41) is 337. The predicted octanol–water partition coefficient (Wildman–Crippen LogP) is -22.9. The van der Waals surface area contributed by atoms with E-state index >= 15 is 0 Å². The van der Waals surface area contributed by atoms with Gasteiger partial charge in [-0.05, 0) is 0 Å². The topological polar surface area (TPSA) is 925 Å². The van der Waals surface area contributed by atoms with Crippen LogP contribution in [-0.4, -0.2) is 562 Å². The molecule has 0 aliphatic carbocycles. The molecule has 34 N–H and O–H groups in total. The average molecular weight is 1930 g/mol. The molecule has 5 amide bonds. The summed E-state index contributed by atoms with van der Waals surface area (Å²) < 4.78 is 113. The zero-order chi connectivity index (χ0) is 97.6. The number of aliphatic hydroxyl groups excluding tert-OH is 28. The smallest absolute Gasteiger partial charge is 0.364 e. The van der Waals surface area contributed by atoms with Crippen molar-refractivity contribution in [3.05, 3.63) is 0 Å². The number of carbonyl (C=O) groups excluding carboxylic acids is 5. The number of hydrogen-bond acceptors (Lipinski definition) is 53. The van der Waals surface area contributed by atoms with E-state index in [9.17, 15) is 177 Å². The highest BCUT2D eigenvalue weighted by Crippen LogP contribution is 2.43. The van der Waals surface area contributed by atoms with Crippen LogP contribution in [0.25, 0.3) is 0 Å². The number of aliphatic hydroxyl groups is 28. The second-order valence-electron chi connectivity index (χ2n) is 33.1. The summed E-state index contributed by atoms with van der Waals surface area (Å²) in [6.07, 6.45) is -100. The van der Waals surface area contributed by atoms with Crippen LogP contribution in [0.2, 0.25) is 0 Å². The van der Waals surface area contributed by atoms with E-state index in [1.54, 1.807) is 0 Å². The third-order valence-electron chi connectivity index (χ3n) is 23.8. The number of hydrogen-bond donors (Lipinski definition) is 34. The number of ether oxygens (including phenoxy) is 19. The molecule has 0 bridgehead atoms. The van der Waals surface area contributed by atoms with Crippen LogP contribution in [0, 0.1) is 0 Å². The minimum absolute atomic E-state index is 0.817. The Morgan fingerprint density at radius 1 is 0.311 bits per heavy atom. The number of aliphatic carboxylic acids is 1. The molecule has 0 radical (unpaired) electrons. The summed E-state index contributed by atoms with van der Waals surface area (Å²) in [5.74, 6) is -10.2. The molecule has 0 aromatic rings. The minimum atomic E-state index is -3.33. The van der Waals surface area contributed by atoms with Crippen LogP contribution in [0.3, 0.4) is 0 Å². The normalized spacial score (nSPS) is 47.2. The van der Waals surface area contributed by atoms with Crippen LogP contribution in [0.15, 0.2) is 0 Å². The van der Waals surface area contributed by atoms with Gasteiger partial charge in [0.15, 0.2) is 56.6 Å². The Balaban J connectivity index is 0.974. The van der Waals surface area contributed by atoms with Crippen molar-refractivity contribution >= 4 is 35.5 Å². The highest BCUT2D eigenvalue weighted by Gasteiger charge is 2.64. The molecule has 132 heavy (non-hydrogen) atoms. The number of carbonyl (C=O) groups is 6. The van der Waals surface area contributed by atoms with Gasteiger partial charge in [-0.25, -0.2) is 4.79 Å². The molecular formula is C73H121N5O54. The van der Waals surface area contributed by atoms with E-state index in [-0.39, 0.29) is 0 Å². The van der Waals surface area contributed by atoms with Crippen molar-refractivity contribution in [3.63, 3.8) is 0 Å². The summed E-state index contributed by atoms with van der Waals surface area (Å²) in [6.45, 7) is -7.28. The van der Waals surface area contributed by atoms with Gasteiger partial charge in [0.25, 0.3) is 5.79 Å². The first-order valence-corrected chi connectivity index (χ1v) is 41.8. The van der Waals surface area contributed by atoms with Crippen LogP contribution < -0.4 is 26.6 Å². The van der Waals surface area contributed by atoms with E-state index in [1.165, 1.54) is 0 Å². The van der Waals surface area contributed by atoms with Gasteiger partial charge in [-0.2, -0.15) is 0 Å². The van der Waals surface area contributed by atoms with E-state index in [2.05, 4.69) is 26.6 Å². The van der Waals surface area contributed by atoms with Crippen molar-refractivity contribution in [1.82, 2.24) is 26.6 Å². The summed E-state index contributed by atoms with van der Waals surface area (Å²) >= 11 is 0. The van der Waals surface area contributed by atoms with E-state index < -0.39 is 420 Å². The second kappa shape index (κ2) is 47.3. The van der Waals surface area contributed by atoms with Gasteiger partial charge in [0.1, 0.15) is 238 Å². The summed E-state index contributed by atoms with van der Waals surface area (Å²) in [4.78, 5) is 77.1. The van der Waals surface area contributed by atoms with Gasteiger partial charge >= 0.3 is 5.97 Å². The SMILES string of the molecule is CC(=O)N[C@@H]1[C@@H](O)[C@H](O[C@@H]2O[C@H](CO)[C@@H](O[C@@H]3O[C@H](CO[C@H]4O[C@H](CO)[C@@H](O)[C@H](O)[C@@H]4O[C@@H]4O[C@H](CO)[C@@H](O[C@@H]5O[C@H](CO)[C@H](O)[C@H](O)[C@H]5O)[C@H](O)[C@H]4NC(C)=O)[C@@H](O)[C@H](O[C@H]4O[C@H](CO)[C@@H](O)[C@H](O)[C@@H]4O[C@@H]4O[C@H](CO)[C@@H](O[C@@H]5O[C@H](CO)[C@H](O)[C@H](O[C@]6(C(=O)O)C[C@H](O)[C@@H](NC(C)=O)[C@H]([C@H](O)[C@H](O)CO)O6)[C@H]5O)[C@H](O)[C@H]4NC(C)=O)[C@@H]3O)[C@H](O)[C@H]2NC(C)=O)[C@@H](CO)O[C@H]1O. The number of nitrogens with one attached hydrogen (secondary N) is 5. The van der Waals surface area contributed by atoms with Crippen LogP contribution in [-0.2, 0) is 119 Å². The van der Waals surface area contributed by atoms with E-state index in [1.807, 2.05) is 0 Å². The van der Waals surface area contributed by atoms with Crippen molar-refractivity contribution in [2.24, 2.45) is 0 Å². The molecule has 59 nitrogen and oxygen atoms in total. The molecule has 0 aromatic carbocycles. The molecule has 0 saturated carbocycles. The molecule has 59 heteroatoms. The van der Waals surface area contributed by atoms with Gasteiger partial charge in [0, 0.05) is 41.0 Å². The van der Waals surface area contributed by atoms with Gasteiger partial charge in [0.2, 0.25) is 29.5 Å². The van der Waals surface area contributed by atoms with E-state index in [4.69, 9.17) is 90.0 Å². The molecular weight excluding hydrogens is 1810 g/mol. The van der Waals surface area contributed by atoms with Gasteiger partial charge in [-0.3, -0.25) is 24.0 Å². The molecule has 51 atom stereocenters. The Kier molecular flexibility index (Phi) is 39.0. The lowest BCUT2D eigenvalue weighted by molar-refractivity contribution is -0.401. The zero-order valence-corrected chi connectivity index (χ0v) is 70.8. The number of carboxylic acids is 1. The van der Waals surface area contributed by atoms with Gasteiger partial charge in [-0.1, -0.05) is 0 Å². The summed E-state index contributed by atoms with van der Waals surface area (Å²) in [6, 6.07) is -9.55. The molecule has 0 aromatic heterocycles. The van der Waals surface area contributed by atoms with Crippen molar-refractivity contribution in [2.75, 3.05) is 66.1 Å². The lowest BCUT2D eigenvalue weighted by atomic mass is 9.88. The fraction of sp³-hybridized carbons (Fsp3) is 0.918. The van der Waals surface area contributed by atoms with Gasteiger partial charge in [0.05, 0.1) is 78.2 Å². The Labute approximate surface area is 746 Å². The number of amides is 5. The van der Waals surface area contributed by atoms with Crippen LogP contribution in [0.5, 0.6) is 0 Å². The Morgan fingerprint density at radius 2 is 0.614 bits per heavy atom. The first-order valence-electron chi connectivity index (χ1n) is 41.8. The predicted molar refractivity (Wildman–Crippen MR) is 405 cm³/mol. The van der Waals surface area contributed by atoms with Crippen molar-refractivity contribution in [2.45, 2.75) is 353 Å². The lowest BCUT2D eigenvalue weighted by Crippen LogP contribution is -2.71. The largest absolute Gasteiger partial charge is 0.477 e. The fourth-order valence-electron chi connectivity index (χ4n) is 17.0. The molecule has 10 aliphatic heterocycles. The Bertz CT molecular complexity index is 3680. The van der Waals surface area contributed by atoms with Crippen LogP contribution in [0.1, 0.15) is 41.0 Å². The fourth-order valence-corrected chi connectivity index (χ4v) is 17.0. The zero-order valence-electron chi connectivity index (χ0n) is 70.8. The molecule has 10 fully saturated rings. The Hall–Kier alpha value is -5.06. The lowest BCUT2D eigenvalue weighted by Gasteiger charge is -2.51. The molecule has 0 unspecified atom stereocenters. The third kappa shape index (κ3) is 24.0. The monoisotopic (exact) mass is 1930 g/mol. The molecule has 10 saturated heterocycles. The highest BCUT2D eigenvalue weighted by molar-refractivity contribution is 5.77. The minimum Gasteiger partial charge on any atom is -0.477 e. The van der Waals surface area contributed by atoms with Crippen molar-refractivity contribution in [3.8, 4) is 0 Å². The molecule has 762 valence electrons. The summed E-state index contributed by atoms with van der Waals surface area (Å²) in [7, 11) is 0. The molecule has 10 aliphatic rings. The molecule has 0 spiro atoms. The molecule has 10 heterocycles. The van der Waals surface area contributed by atoms with E-state index in [0.29, 0.717) is 0 Å². The maximum atomic E-state index is 13.3. The first kappa shape index (κ1) is 109. The maximum Gasteiger partial charge on any atom is 0.364 e. The summed E-state index contributed by atoms with van der Waals surface area (Å²) in [5.41, 5.74) is 0. The van der Waals surface area contributed by atoms with Crippen LogP contribution in [0.4, 0.5) is 0 Å². The number of carboxylic acid groups (broad SMARTS) is 1. The van der Waals surface area contributed by atoms with Gasteiger partial charge < -0.3 is 265 Å². The molecule has 10 rings (SSSR count). The standard InChI is InChI=1S/C73H121N5O54/c1-17(88)74-33-22(93)6-73(72(112)113,131-58(33)38(95)23(94)7-79)132-60-42(99)27(11-83)117-69(53(60)110)127-57-31(15-87)122-66(37(47(57)104)78-21(5)92)130-62-50(107)41(98)26(10-82)119-71(62)128-59-43(100)32(123-68(52(59)109)126-56-30(14-86)120-64(35(45(56)102)76-19(3)90)124-54-28(12-84)115-63(111)34(44(54)101)75-18(2)89)16-114-70-61(49(106)40(97)25(9-81)118-70)129-65-36(77-20(4)91)46(103)55(29(13-85)121-65)125-67-51(108)48(105)39(96)24(8-80)116-67/h22-71,79-87,93-111H,6-16H2,1-5H3,(H,74,88)(H,75,89)(H,76,90)(H,77,91)(H,78,92)(H,112,113)/t22-,23+,24+,25+,26+,27+,28+,29+,30+,31+,32+,33+,34+,35+,36+,37+,38+,39-,40+,41+,42-,43+,44+,45+,46+,47+,48-,49-,50-,51+,52-,53+,54+,55+,56+,57+,58+,59-,60-,61-,62-,63+,64-,65-,66-,67-,68-,69-,70-,71+,73-/m0/s1. The number of rotatable bonds is 36. The second-order valence-corrected chi connectivity index (χ2v) is 33.1. The first-order chi connectivity index (χ1) is 62.3. The third-order valence-corrected chi connectivity index (χ3v) is 23.8. The van der Waals surface area contributed by atoms with Gasteiger partial charge in [-0.15, -0.1) is 0 Å². The Morgan fingerprint density at radius 3 is 1.02 bits per heavy atom. The van der Waals surface area contributed by atoms with Crippen LogP contribution >= 0.6 is 0 Å². The highest BCUT2D eigenvalue weighted by atomic mass is 16.8. The van der Waals surface area contributed by atoms with E-state index in [0.717, 1.165) is 34.6 Å². The maximum absolute atomic E-state index is 13.3. The average Bonchev–Trinajstić information content (AvgIpc) is 0.659.